The Labute approximate surface area is 117 Å². The highest BCUT2D eigenvalue weighted by atomic mass is 19.1. The average molecular weight is 283 g/mol. The zero-order valence-corrected chi connectivity index (χ0v) is 11.3. The number of likely N-dealkylation sites (tertiary alicyclic amines) is 1. The third kappa shape index (κ3) is 3.54. The summed E-state index contributed by atoms with van der Waals surface area (Å²) in [4.78, 5) is 13.0. The van der Waals surface area contributed by atoms with Gasteiger partial charge in [-0.2, -0.15) is 0 Å². The highest BCUT2D eigenvalue weighted by Crippen LogP contribution is 2.30. The number of nitrogens with zero attached hydrogens (tertiary/aromatic N) is 1. The second-order valence-electron chi connectivity index (χ2n) is 5.20. The molecule has 1 aromatic rings. The molecule has 1 fully saturated rings. The summed E-state index contributed by atoms with van der Waals surface area (Å²) in [6.07, 6.45) is 3.75. The number of rotatable bonds is 4. The number of carboxylic acids is 1. The molecule has 1 aromatic carbocycles. The third-order valence-corrected chi connectivity index (χ3v) is 3.78. The fraction of sp³-hybridized carbons (Fsp3) is 0.533. The highest BCUT2D eigenvalue weighted by molar-refractivity contribution is 5.68. The van der Waals surface area contributed by atoms with Crippen LogP contribution >= 0.6 is 0 Å². The smallest absolute Gasteiger partial charge is 0.305 e. The van der Waals surface area contributed by atoms with Crippen molar-refractivity contribution >= 4 is 5.97 Å². The Hall–Kier alpha value is -1.49. The number of hydrogen-bond donors (Lipinski definition) is 1. The summed E-state index contributed by atoms with van der Waals surface area (Å²) >= 11 is 0. The number of carbonyl (C=O) groups is 1. The van der Waals surface area contributed by atoms with Crippen molar-refractivity contribution < 1.29 is 18.7 Å². The molecule has 0 aromatic heterocycles. The Morgan fingerprint density at radius 1 is 1.15 bits per heavy atom. The van der Waals surface area contributed by atoms with Crippen LogP contribution in [0.5, 0.6) is 0 Å². The van der Waals surface area contributed by atoms with E-state index in [-0.39, 0.29) is 12.0 Å². The lowest BCUT2D eigenvalue weighted by Crippen LogP contribution is -2.32. The average Bonchev–Trinajstić information content (AvgIpc) is 2.65. The quantitative estimate of drug-likeness (QED) is 0.921. The van der Waals surface area contributed by atoms with Crippen molar-refractivity contribution in [2.24, 2.45) is 0 Å². The van der Waals surface area contributed by atoms with Gasteiger partial charge in [0.1, 0.15) is 11.6 Å². The Kier molecular flexibility index (Phi) is 5.06. The van der Waals surface area contributed by atoms with Crippen LogP contribution in [0.25, 0.3) is 0 Å². The molecule has 0 bridgehead atoms. The summed E-state index contributed by atoms with van der Waals surface area (Å²) in [6.45, 7) is 1.37. The van der Waals surface area contributed by atoms with Crippen molar-refractivity contribution in [3.63, 3.8) is 0 Å². The lowest BCUT2D eigenvalue weighted by Gasteiger charge is -2.30. The van der Waals surface area contributed by atoms with Gasteiger partial charge in [-0.05, 0) is 38.1 Å². The predicted molar refractivity (Wildman–Crippen MR) is 71.4 cm³/mol. The van der Waals surface area contributed by atoms with Crippen LogP contribution in [0.3, 0.4) is 0 Å². The molecule has 0 spiro atoms. The van der Waals surface area contributed by atoms with Gasteiger partial charge < -0.3 is 5.11 Å². The summed E-state index contributed by atoms with van der Waals surface area (Å²) in [7, 11) is 0. The molecule has 0 amide bonds. The molecule has 1 N–H and O–H groups in total. The molecule has 1 aliphatic heterocycles. The number of hydrogen-bond acceptors (Lipinski definition) is 2. The van der Waals surface area contributed by atoms with Gasteiger partial charge in [-0.3, -0.25) is 9.69 Å². The fourth-order valence-electron chi connectivity index (χ4n) is 2.82. The van der Waals surface area contributed by atoms with E-state index in [2.05, 4.69) is 0 Å². The first-order valence-corrected chi connectivity index (χ1v) is 6.99. The predicted octanol–water partition coefficient (Wildman–Crippen LogP) is 3.36. The Balaban J connectivity index is 2.33. The highest BCUT2D eigenvalue weighted by Gasteiger charge is 2.28. The molecule has 1 saturated heterocycles. The van der Waals surface area contributed by atoms with Gasteiger partial charge in [0, 0.05) is 5.56 Å². The maximum Gasteiger partial charge on any atom is 0.305 e. The lowest BCUT2D eigenvalue weighted by molar-refractivity contribution is -0.138. The molecule has 1 atom stereocenters. The van der Waals surface area contributed by atoms with Gasteiger partial charge in [-0.15, -0.1) is 0 Å². The van der Waals surface area contributed by atoms with Gasteiger partial charge in [0.15, 0.2) is 0 Å². The Morgan fingerprint density at radius 3 is 2.20 bits per heavy atom. The van der Waals surface area contributed by atoms with Crippen LogP contribution in [0.4, 0.5) is 8.78 Å². The standard InChI is InChI=1S/C15H19F2NO2/c16-11-6-5-7-12(17)15(11)13(10-14(19)20)18-8-3-1-2-4-9-18/h5-7,13H,1-4,8-10H2,(H,19,20). The van der Waals surface area contributed by atoms with Crippen LogP contribution < -0.4 is 0 Å². The van der Waals surface area contributed by atoms with Crippen LogP contribution in [0.2, 0.25) is 0 Å². The zero-order chi connectivity index (χ0) is 14.5. The maximum absolute atomic E-state index is 13.9. The molecule has 5 heteroatoms. The third-order valence-electron chi connectivity index (χ3n) is 3.78. The van der Waals surface area contributed by atoms with Crippen molar-refractivity contribution in [1.82, 2.24) is 4.90 Å². The summed E-state index contributed by atoms with van der Waals surface area (Å²) < 4.78 is 27.9. The van der Waals surface area contributed by atoms with E-state index in [1.54, 1.807) is 0 Å². The van der Waals surface area contributed by atoms with E-state index in [9.17, 15) is 13.6 Å². The van der Waals surface area contributed by atoms with E-state index >= 15 is 0 Å². The second-order valence-corrected chi connectivity index (χ2v) is 5.20. The van der Waals surface area contributed by atoms with Gasteiger partial charge in [-0.1, -0.05) is 18.9 Å². The minimum Gasteiger partial charge on any atom is -0.481 e. The first kappa shape index (κ1) is 14.9. The van der Waals surface area contributed by atoms with Crippen molar-refractivity contribution in [2.75, 3.05) is 13.1 Å². The SMILES string of the molecule is O=C(O)CC(c1c(F)cccc1F)N1CCCCCC1. The van der Waals surface area contributed by atoms with E-state index in [0.717, 1.165) is 25.7 Å². The molecule has 0 radical (unpaired) electrons. The minimum atomic E-state index is -1.04. The van der Waals surface area contributed by atoms with Gasteiger partial charge >= 0.3 is 5.97 Å². The van der Waals surface area contributed by atoms with E-state index in [1.807, 2.05) is 4.90 Å². The maximum atomic E-state index is 13.9. The summed E-state index contributed by atoms with van der Waals surface area (Å²) in [6, 6.07) is 2.94. The van der Waals surface area contributed by atoms with Gasteiger partial charge in [-0.25, -0.2) is 8.78 Å². The van der Waals surface area contributed by atoms with E-state index in [1.165, 1.54) is 18.2 Å². The molecule has 20 heavy (non-hydrogen) atoms. The molecule has 1 heterocycles. The van der Waals surface area contributed by atoms with Gasteiger partial charge in [0.2, 0.25) is 0 Å². The number of benzene rings is 1. The summed E-state index contributed by atoms with van der Waals surface area (Å²) in [5, 5.41) is 9.06. The number of halogens is 2. The molecule has 1 unspecified atom stereocenters. The van der Waals surface area contributed by atoms with Crippen molar-refractivity contribution in [1.29, 1.82) is 0 Å². The Morgan fingerprint density at radius 2 is 1.70 bits per heavy atom. The topological polar surface area (TPSA) is 40.5 Å². The molecule has 0 aliphatic carbocycles. The van der Waals surface area contributed by atoms with Gasteiger partial charge in [0.25, 0.3) is 0 Å². The lowest BCUT2D eigenvalue weighted by atomic mass is 10.00. The molecular formula is C15H19F2NO2. The Bertz CT molecular complexity index is 451. The first-order valence-electron chi connectivity index (χ1n) is 6.99. The summed E-state index contributed by atoms with van der Waals surface area (Å²) in [5.41, 5.74) is -0.114. The van der Waals surface area contributed by atoms with Crippen LogP contribution in [-0.2, 0) is 4.79 Å². The van der Waals surface area contributed by atoms with Crippen molar-refractivity contribution in [3.05, 3.63) is 35.4 Å². The number of carboxylic acid groups (broad SMARTS) is 1. The molecule has 3 nitrogen and oxygen atoms in total. The van der Waals surface area contributed by atoms with Crippen LogP contribution in [0.15, 0.2) is 18.2 Å². The number of aliphatic carboxylic acids is 1. The molecular weight excluding hydrogens is 264 g/mol. The van der Waals surface area contributed by atoms with Crippen molar-refractivity contribution in [2.45, 2.75) is 38.1 Å². The molecule has 0 saturated carbocycles. The van der Waals surface area contributed by atoms with E-state index in [0.29, 0.717) is 13.1 Å². The molecule has 110 valence electrons. The first-order chi connectivity index (χ1) is 9.59. The molecule has 2 rings (SSSR count). The van der Waals surface area contributed by atoms with E-state index < -0.39 is 23.6 Å². The zero-order valence-electron chi connectivity index (χ0n) is 11.3. The van der Waals surface area contributed by atoms with Crippen LogP contribution in [0, 0.1) is 11.6 Å². The molecule has 1 aliphatic rings. The van der Waals surface area contributed by atoms with Crippen LogP contribution in [-0.4, -0.2) is 29.1 Å². The monoisotopic (exact) mass is 283 g/mol. The fourth-order valence-corrected chi connectivity index (χ4v) is 2.82. The minimum absolute atomic E-state index is 0.114. The van der Waals surface area contributed by atoms with Crippen LogP contribution in [0.1, 0.15) is 43.7 Å². The normalized spacial score (nSPS) is 18.5. The summed E-state index contributed by atoms with van der Waals surface area (Å²) in [5.74, 6) is -2.37. The van der Waals surface area contributed by atoms with Gasteiger partial charge in [0.05, 0.1) is 12.5 Å². The van der Waals surface area contributed by atoms with E-state index in [4.69, 9.17) is 5.11 Å². The largest absolute Gasteiger partial charge is 0.481 e. The van der Waals surface area contributed by atoms with Crippen molar-refractivity contribution in [3.8, 4) is 0 Å². The second kappa shape index (κ2) is 6.79.